The largest absolute Gasteiger partial charge is 0.376 e. The summed E-state index contributed by atoms with van der Waals surface area (Å²) in [6.07, 6.45) is 2.08. The van der Waals surface area contributed by atoms with Crippen LogP contribution in [0.25, 0.3) is 0 Å². The van der Waals surface area contributed by atoms with Crippen LogP contribution in [0.3, 0.4) is 0 Å². The molecule has 5 nitrogen and oxygen atoms in total. The van der Waals surface area contributed by atoms with Crippen LogP contribution in [0, 0.1) is 5.92 Å². The minimum atomic E-state index is -0.258. The predicted octanol–water partition coefficient (Wildman–Crippen LogP) is 4.92. The van der Waals surface area contributed by atoms with E-state index in [1.165, 1.54) is 0 Å². The first kappa shape index (κ1) is 20.5. The fourth-order valence-corrected chi connectivity index (χ4v) is 3.48. The topological polar surface area (TPSA) is 61.4 Å². The van der Waals surface area contributed by atoms with Gasteiger partial charge in [-0.05, 0) is 49.1 Å². The summed E-state index contributed by atoms with van der Waals surface area (Å²) >= 11 is 12.0. The number of carbonyl (C=O) groups excluding carboxylic acids is 2. The zero-order valence-electron chi connectivity index (χ0n) is 15.7. The Balaban J connectivity index is 1.57. The molecule has 7 heteroatoms. The second kappa shape index (κ2) is 9.30. The third-order valence-electron chi connectivity index (χ3n) is 4.86. The molecule has 28 heavy (non-hydrogen) atoms. The van der Waals surface area contributed by atoms with Crippen molar-refractivity contribution in [3.8, 4) is 0 Å². The molecule has 1 aliphatic heterocycles. The third-order valence-corrected chi connectivity index (χ3v) is 5.68. The van der Waals surface area contributed by atoms with Crippen molar-refractivity contribution in [2.75, 3.05) is 30.3 Å². The minimum absolute atomic E-state index is 0.0331. The Hall–Kier alpha value is -2.24. The van der Waals surface area contributed by atoms with E-state index in [4.69, 9.17) is 23.2 Å². The monoisotopic (exact) mass is 419 g/mol. The predicted molar refractivity (Wildman–Crippen MR) is 114 cm³/mol. The number of nitrogens with one attached hydrogen (secondary N) is 2. The molecule has 1 fully saturated rings. The van der Waals surface area contributed by atoms with E-state index in [1.54, 1.807) is 30.3 Å². The molecule has 2 aromatic carbocycles. The van der Waals surface area contributed by atoms with E-state index in [-0.39, 0.29) is 18.4 Å². The highest BCUT2D eigenvalue weighted by Crippen LogP contribution is 2.29. The number of carbonyl (C=O) groups is 2. The van der Waals surface area contributed by atoms with Crippen molar-refractivity contribution in [2.45, 2.75) is 19.8 Å². The van der Waals surface area contributed by atoms with Crippen LogP contribution in [0.5, 0.6) is 0 Å². The van der Waals surface area contributed by atoms with Crippen molar-refractivity contribution in [2.24, 2.45) is 5.92 Å². The summed E-state index contributed by atoms with van der Waals surface area (Å²) in [4.78, 5) is 26.8. The Morgan fingerprint density at radius 1 is 1.11 bits per heavy atom. The van der Waals surface area contributed by atoms with E-state index < -0.39 is 0 Å². The van der Waals surface area contributed by atoms with Gasteiger partial charge in [-0.25, -0.2) is 0 Å². The zero-order chi connectivity index (χ0) is 20.1. The maximum Gasteiger partial charge on any atom is 0.253 e. The SMILES string of the molecule is CC1CCN(C(=O)c2cccc(NCC(=O)Nc3cccc(Cl)c3Cl)c2)CC1. The van der Waals surface area contributed by atoms with Gasteiger partial charge < -0.3 is 15.5 Å². The van der Waals surface area contributed by atoms with Crippen molar-refractivity contribution >= 4 is 46.4 Å². The van der Waals surface area contributed by atoms with Gasteiger partial charge in [0.1, 0.15) is 0 Å². The zero-order valence-corrected chi connectivity index (χ0v) is 17.2. The fraction of sp³-hybridized carbons (Fsp3) is 0.333. The highest BCUT2D eigenvalue weighted by atomic mass is 35.5. The fourth-order valence-electron chi connectivity index (χ4n) is 3.13. The highest BCUT2D eigenvalue weighted by Gasteiger charge is 2.21. The molecule has 148 valence electrons. The molecule has 0 spiro atoms. The first-order valence-electron chi connectivity index (χ1n) is 9.31. The standard InChI is InChI=1S/C21H23Cl2N3O2/c1-14-8-10-26(11-9-14)21(28)15-4-2-5-16(12-15)24-13-19(27)25-18-7-3-6-17(22)20(18)23/h2-7,12,14,24H,8-11,13H2,1H3,(H,25,27). The summed E-state index contributed by atoms with van der Waals surface area (Å²) in [7, 11) is 0. The molecule has 2 aromatic rings. The van der Waals surface area contributed by atoms with Crippen LogP contribution >= 0.6 is 23.2 Å². The lowest BCUT2D eigenvalue weighted by molar-refractivity contribution is -0.114. The number of amides is 2. The minimum Gasteiger partial charge on any atom is -0.376 e. The first-order valence-corrected chi connectivity index (χ1v) is 10.1. The Morgan fingerprint density at radius 3 is 2.57 bits per heavy atom. The van der Waals surface area contributed by atoms with Crippen LogP contribution in [-0.2, 0) is 4.79 Å². The van der Waals surface area contributed by atoms with Crippen LogP contribution in [0.1, 0.15) is 30.1 Å². The van der Waals surface area contributed by atoms with E-state index in [2.05, 4.69) is 17.6 Å². The number of hydrogen-bond acceptors (Lipinski definition) is 3. The van der Waals surface area contributed by atoms with Gasteiger partial charge in [0, 0.05) is 24.3 Å². The van der Waals surface area contributed by atoms with Gasteiger partial charge in [0.2, 0.25) is 5.91 Å². The second-order valence-corrected chi connectivity index (χ2v) is 7.84. The number of anilines is 2. The Kier molecular flexibility index (Phi) is 6.81. The molecule has 3 rings (SSSR count). The smallest absolute Gasteiger partial charge is 0.253 e. The molecule has 1 aliphatic rings. The van der Waals surface area contributed by atoms with Gasteiger partial charge in [-0.3, -0.25) is 9.59 Å². The number of nitrogens with zero attached hydrogens (tertiary/aromatic N) is 1. The van der Waals surface area contributed by atoms with Crippen LogP contribution in [0.15, 0.2) is 42.5 Å². The number of rotatable bonds is 5. The summed E-state index contributed by atoms with van der Waals surface area (Å²) in [5, 5.41) is 6.45. The van der Waals surface area contributed by atoms with Crippen LogP contribution in [-0.4, -0.2) is 36.3 Å². The molecule has 0 unspecified atom stereocenters. The van der Waals surface area contributed by atoms with Gasteiger partial charge in [0.05, 0.1) is 22.3 Å². The van der Waals surface area contributed by atoms with E-state index >= 15 is 0 Å². The molecule has 0 aromatic heterocycles. The maximum atomic E-state index is 12.7. The molecule has 1 heterocycles. The van der Waals surface area contributed by atoms with Gasteiger partial charge in [0.15, 0.2) is 0 Å². The van der Waals surface area contributed by atoms with E-state index in [0.717, 1.165) is 25.9 Å². The first-order chi connectivity index (χ1) is 13.4. The van der Waals surface area contributed by atoms with Crippen molar-refractivity contribution in [3.63, 3.8) is 0 Å². The number of benzene rings is 2. The van der Waals surface area contributed by atoms with Crippen LogP contribution in [0.2, 0.25) is 10.0 Å². The van der Waals surface area contributed by atoms with Crippen molar-refractivity contribution in [1.82, 2.24) is 4.90 Å². The average Bonchev–Trinajstić information content (AvgIpc) is 2.70. The van der Waals surface area contributed by atoms with E-state index in [1.807, 2.05) is 17.0 Å². The third kappa shape index (κ3) is 5.18. The molecule has 1 saturated heterocycles. The Morgan fingerprint density at radius 2 is 1.82 bits per heavy atom. The lowest BCUT2D eigenvalue weighted by Crippen LogP contribution is -2.37. The maximum absolute atomic E-state index is 12.7. The number of piperidine rings is 1. The lowest BCUT2D eigenvalue weighted by atomic mass is 9.98. The molecule has 0 radical (unpaired) electrons. The molecule has 0 atom stereocenters. The summed E-state index contributed by atoms with van der Waals surface area (Å²) in [5.41, 5.74) is 1.80. The normalized spacial score (nSPS) is 14.6. The summed E-state index contributed by atoms with van der Waals surface area (Å²) < 4.78 is 0. The van der Waals surface area contributed by atoms with Gasteiger partial charge in [0.25, 0.3) is 5.91 Å². The number of likely N-dealkylation sites (tertiary alicyclic amines) is 1. The number of halogens is 2. The average molecular weight is 420 g/mol. The molecule has 0 saturated carbocycles. The van der Waals surface area contributed by atoms with Gasteiger partial charge in [-0.15, -0.1) is 0 Å². The van der Waals surface area contributed by atoms with Crippen molar-refractivity contribution in [3.05, 3.63) is 58.1 Å². The second-order valence-electron chi connectivity index (χ2n) is 7.06. The molecular formula is C21H23Cl2N3O2. The van der Waals surface area contributed by atoms with Crippen molar-refractivity contribution < 1.29 is 9.59 Å². The quantitative estimate of drug-likeness (QED) is 0.722. The summed E-state index contributed by atoms with van der Waals surface area (Å²) in [6.45, 7) is 3.84. The van der Waals surface area contributed by atoms with Crippen molar-refractivity contribution in [1.29, 1.82) is 0 Å². The number of hydrogen-bond donors (Lipinski definition) is 2. The summed E-state index contributed by atoms with van der Waals surface area (Å²) in [5.74, 6) is 0.445. The molecule has 2 N–H and O–H groups in total. The van der Waals surface area contributed by atoms with Crippen LogP contribution in [0.4, 0.5) is 11.4 Å². The van der Waals surface area contributed by atoms with Gasteiger partial charge >= 0.3 is 0 Å². The molecular weight excluding hydrogens is 397 g/mol. The Labute approximate surface area is 175 Å². The highest BCUT2D eigenvalue weighted by molar-refractivity contribution is 6.44. The molecule has 0 bridgehead atoms. The molecule has 0 aliphatic carbocycles. The van der Waals surface area contributed by atoms with E-state index in [0.29, 0.717) is 32.9 Å². The van der Waals surface area contributed by atoms with Gasteiger partial charge in [-0.1, -0.05) is 42.3 Å². The van der Waals surface area contributed by atoms with E-state index in [9.17, 15) is 9.59 Å². The molecule has 2 amide bonds. The Bertz CT molecular complexity index is 864. The lowest BCUT2D eigenvalue weighted by Gasteiger charge is -2.30. The van der Waals surface area contributed by atoms with Crippen LogP contribution < -0.4 is 10.6 Å². The van der Waals surface area contributed by atoms with Gasteiger partial charge in [-0.2, -0.15) is 0 Å². The summed E-state index contributed by atoms with van der Waals surface area (Å²) in [6, 6.07) is 12.3.